The number of nitrogens with one attached hydrogen (secondary N) is 1. The van der Waals surface area contributed by atoms with Crippen molar-refractivity contribution in [2.75, 3.05) is 13.2 Å². The predicted octanol–water partition coefficient (Wildman–Crippen LogP) is 4.22. The lowest BCUT2D eigenvalue weighted by Crippen LogP contribution is -2.48. The first-order chi connectivity index (χ1) is 9.73. The number of halogens is 1. The number of hydrogen-bond acceptors (Lipinski definition) is 2. The van der Waals surface area contributed by atoms with Gasteiger partial charge in [0.2, 0.25) is 0 Å². The van der Waals surface area contributed by atoms with E-state index in [1.165, 1.54) is 6.42 Å². The Balaban J connectivity index is 2.36. The molecule has 1 aliphatic rings. The van der Waals surface area contributed by atoms with Crippen molar-refractivity contribution in [1.29, 1.82) is 0 Å². The Morgan fingerprint density at radius 1 is 1.20 bits per heavy atom. The van der Waals surface area contributed by atoms with Crippen molar-refractivity contribution in [3.8, 4) is 0 Å². The molecular weight excluding hydrogens is 253 g/mol. The Kier molecular flexibility index (Phi) is 5.55. The minimum absolute atomic E-state index is 0.0612. The minimum Gasteiger partial charge on any atom is -0.373 e. The molecule has 1 saturated carbocycles. The van der Waals surface area contributed by atoms with E-state index >= 15 is 0 Å². The molecule has 1 aromatic rings. The Morgan fingerprint density at radius 2 is 1.90 bits per heavy atom. The lowest BCUT2D eigenvalue weighted by Gasteiger charge is -2.44. The van der Waals surface area contributed by atoms with E-state index in [4.69, 9.17) is 4.74 Å². The average molecular weight is 279 g/mol. The number of hydrogen-bond donors (Lipinski definition) is 1. The highest BCUT2D eigenvalue weighted by atomic mass is 19.1. The molecule has 1 aromatic carbocycles. The van der Waals surface area contributed by atoms with Crippen LogP contribution in [0.2, 0.25) is 0 Å². The molecule has 1 N–H and O–H groups in total. The van der Waals surface area contributed by atoms with Crippen LogP contribution in [0.25, 0.3) is 0 Å². The largest absolute Gasteiger partial charge is 0.373 e. The van der Waals surface area contributed by atoms with Crippen LogP contribution in [0.15, 0.2) is 24.3 Å². The van der Waals surface area contributed by atoms with E-state index in [1.807, 2.05) is 19.1 Å². The van der Waals surface area contributed by atoms with E-state index < -0.39 is 0 Å². The molecule has 2 rings (SSSR count). The van der Waals surface area contributed by atoms with E-state index in [0.717, 1.165) is 37.8 Å². The summed E-state index contributed by atoms with van der Waals surface area (Å²) in [6.45, 7) is 5.58. The second-order valence-electron chi connectivity index (χ2n) is 5.57. The minimum atomic E-state index is -0.259. The van der Waals surface area contributed by atoms with Gasteiger partial charge in [-0.15, -0.1) is 0 Å². The van der Waals surface area contributed by atoms with Crippen LogP contribution in [0.3, 0.4) is 0 Å². The molecule has 0 heterocycles. The molecule has 0 aliphatic heterocycles. The zero-order chi connectivity index (χ0) is 14.4. The Morgan fingerprint density at radius 3 is 2.50 bits per heavy atom. The summed E-state index contributed by atoms with van der Waals surface area (Å²) in [5, 5.41) is 3.47. The Labute approximate surface area is 121 Å². The molecular formula is C17H26FNO. The molecule has 3 heteroatoms. The molecule has 0 saturated heterocycles. The molecule has 0 amide bonds. The Bertz CT molecular complexity index is 410. The van der Waals surface area contributed by atoms with Crippen molar-refractivity contribution in [3.05, 3.63) is 35.6 Å². The quantitative estimate of drug-likeness (QED) is 0.842. The zero-order valence-electron chi connectivity index (χ0n) is 12.6. The van der Waals surface area contributed by atoms with E-state index in [9.17, 15) is 4.39 Å². The summed E-state index contributed by atoms with van der Waals surface area (Å²) in [4.78, 5) is 0. The van der Waals surface area contributed by atoms with Crippen LogP contribution in [0.4, 0.5) is 4.39 Å². The van der Waals surface area contributed by atoms with Gasteiger partial charge in [0.15, 0.2) is 0 Å². The molecule has 0 bridgehead atoms. The van der Waals surface area contributed by atoms with Crippen molar-refractivity contribution < 1.29 is 9.13 Å². The van der Waals surface area contributed by atoms with Gasteiger partial charge >= 0.3 is 0 Å². The topological polar surface area (TPSA) is 21.3 Å². The SMILES string of the molecule is CCNC(c1ccccc1F)C1(OCC)CCCCC1. The fourth-order valence-corrected chi connectivity index (χ4v) is 3.45. The molecule has 112 valence electrons. The van der Waals surface area contributed by atoms with Crippen LogP contribution in [-0.4, -0.2) is 18.8 Å². The predicted molar refractivity (Wildman–Crippen MR) is 80.3 cm³/mol. The zero-order valence-corrected chi connectivity index (χ0v) is 12.6. The van der Waals surface area contributed by atoms with Gasteiger partial charge in [-0.3, -0.25) is 0 Å². The van der Waals surface area contributed by atoms with Crippen molar-refractivity contribution in [1.82, 2.24) is 5.32 Å². The summed E-state index contributed by atoms with van der Waals surface area (Å²) in [6.07, 6.45) is 5.59. The molecule has 1 unspecified atom stereocenters. The van der Waals surface area contributed by atoms with Crippen molar-refractivity contribution in [2.45, 2.75) is 57.6 Å². The second-order valence-corrected chi connectivity index (χ2v) is 5.57. The smallest absolute Gasteiger partial charge is 0.128 e. The van der Waals surface area contributed by atoms with Gasteiger partial charge < -0.3 is 10.1 Å². The summed E-state index contributed by atoms with van der Waals surface area (Å²) in [5.74, 6) is -0.136. The summed E-state index contributed by atoms with van der Waals surface area (Å²) < 4.78 is 20.4. The maximum atomic E-state index is 14.2. The van der Waals surface area contributed by atoms with Crippen LogP contribution < -0.4 is 5.32 Å². The summed E-state index contributed by atoms with van der Waals surface area (Å²) in [6, 6.07) is 7.02. The highest BCUT2D eigenvalue weighted by Gasteiger charge is 2.42. The molecule has 1 fully saturated rings. The third-order valence-electron chi connectivity index (χ3n) is 4.28. The molecule has 20 heavy (non-hydrogen) atoms. The molecule has 1 atom stereocenters. The third-order valence-corrected chi connectivity index (χ3v) is 4.28. The van der Waals surface area contributed by atoms with Crippen LogP contribution in [0.5, 0.6) is 0 Å². The van der Waals surface area contributed by atoms with E-state index in [-0.39, 0.29) is 17.5 Å². The average Bonchev–Trinajstić information content (AvgIpc) is 2.47. The molecule has 2 nitrogen and oxygen atoms in total. The van der Waals surface area contributed by atoms with Gasteiger partial charge in [-0.05, 0) is 32.4 Å². The van der Waals surface area contributed by atoms with E-state index in [1.54, 1.807) is 12.1 Å². The van der Waals surface area contributed by atoms with Gasteiger partial charge in [-0.1, -0.05) is 44.4 Å². The highest BCUT2D eigenvalue weighted by molar-refractivity contribution is 5.25. The normalized spacial score (nSPS) is 19.8. The van der Waals surface area contributed by atoms with Gasteiger partial charge in [0.1, 0.15) is 5.82 Å². The third kappa shape index (κ3) is 3.21. The monoisotopic (exact) mass is 279 g/mol. The van der Waals surface area contributed by atoms with Crippen molar-refractivity contribution in [3.63, 3.8) is 0 Å². The number of likely N-dealkylation sites (N-methyl/N-ethyl adjacent to an activating group) is 1. The number of ether oxygens (including phenoxy) is 1. The van der Waals surface area contributed by atoms with Gasteiger partial charge in [-0.25, -0.2) is 4.39 Å². The van der Waals surface area contributed by atoms with Crippen LogP contribution >= 0.6 is 0 Å². The maximum absolute atomic E-state index is 14.2. The Hall–Kier alpha value is -0.930. The molecule has 1 aliphatic carbocycles. The maximum Gasteiger partial charge on any atom is 0.128 e. The summed E-state index contributed by atoms with van der Waals surface area (Å²) in [5.41, 5.74) is 0.482. The molecule has 0 spiro atoms. The molecule has 0 aromatic heterocycles. The first-order valence-electron chi connectivity index (χ1n) is 7.85. The fraction of sp³-hybridized carbons (Fsp3) is 0.647. The first-order valence-corrected chi connectivity index (χ1v) is 7.85. The van der Waals surface area contributed by atoms with Gasteiger partial charge in [0, 0.05) is 12.2 Å². The van der Waals surface area contributed by atoms with Crippen molar-refractivity contribution in [2.24, 2.45) is 0 Å². The van der Waals surface area contributed by atoms with Crippen molar-refractivity contribution >= 4 is 0 Å². The van der Waals surface area contributed by atoms with Crippen LogP contribution in [0, 0.1) is 5.82 Å². The highest BCUT2D eigenvalue weighted by Crippen LogP contribution is 2.42. The lowest BCUT2D eigenvalue weighted by molar-refractivity contribution is -0.0916. The van der Waals surface area contributed by atoms with Gasteiger partial charge in [-0.2, -0.15) is 0 Å². The van der Waals surface area contributed by atoms with E-state index in [2.05, 4.69) is 12.2 Å². The first kappa shape index (κ1) is 15.5. The summed E-state index contributed by atoms with van der Waals surface area (Å²) in [7, 11) is 0. The second kappa shape index (κ2) is 7.19. The lowest BCUT2D eigenvalue weighted by atomic mass is 9.76. The fourth-order valence-electron chi connectivity index (χ4n) is 3.45. The van der Waals surface area contributed by atoms with Gasteiger partial charge in [0.05, 0.1) is 11.6 Å². The summed E-state index contributed by atoms with van der Waals surface area (Å²) >= 11 is 0. The number of rotatable bonds is 6. The van der Waals surface area contributed by atoms with Gasteiger partial charge in [0.25, 0.3) is 0 Å². The van der Waals surface area contributed by atoms with Crippen LogP contribution in [0.1, 0.15) is 57.6 Å². The van der Waals surface area contributed by atoms with Crippen LogP contribution in [-0.2, 0) is 4.74 Å². The standard InChI is InChI=1S/C17H26FNO/c1-3-19-16(14-10-6-7-11-15(14)18)17(20-4-2)12-8-5-9-13-17/h6-7,10-11,16,19H,3-5,8-9,12-13H2,1-2H3. The van der Waals surface area contributed by atoms with E-state index in [0.29, 0.717) is 6.61 Å². The number of benzene rings is 1. The molecule has 0 radical (unpaired) electrons.